The first-order chi connectivity index (χ1) is 23.3. The molecule has 1 amide bonds. The molecule has 48 heavy (non-hydrogen) atoms. The fraction of sp³-hybridized carbons (Fsp3) is 0.265. The van der Waals surface area contributed by atoms with Gasteiger partial charge in [0.05, 0.1) is 55.0 Å². The van der Waals surface area contributed by atoms with Crippen LogP contribution < -0.4 is 25.0 Å². The Morgan fingerprint density at radius 2 is 1.31 bits per heavy atom. The van der Waals surface area contributed by atoms with Gasteiger partial charge in [-0.2, -0.15) is 10.2 Å². The predicted octanol–water partition coefficient (Wildman–Crippen LogP) is 7.41. The quantitative estimate of drug-likeness (QED) is 0.0506. The number of nitrogens with one attached hydrogen (secondary N) is 2. The number of methoxy groups -OCH3 is 4. The van der Waals surface area contributed by atoms with Crippen molar-refractivity contribution in [3.63, 3.8) is 0 Å². The molecule has 252 valence electrons. The van der Waals surface area contributed by atoms with Crippen molar-refractivity contribution < 1.29 is 33.4 Å². The van der Waals surface area contributed by atoms with Crippen molar-refractivity contribution in [3.05, 3.63) is 95.0 Å². The Kier molecular flexibility index (Phi) is 13.0. The van der Waals surface area contributed by atoms with E-state index >= 15 is 0 Å². The number of carbonyl (C=O) groups is 1. The molecule has 0 fully saturated rings. The topological polar surface area (TPSA) is 158 Å². The number of non-ortho nitro benzene ring substituents is 1. The molecular formula is C34H38N6O8. The molecule has 0 saturated heterocycles. The maximum atomic E-state index is 12.7. The van der Waals surface area contributed by atoms with Gasteiger partial charge in [-0.1, -0.05) is 12.1 Å². The Morgan fingerprint density at radius 1 is 0.750 bits per heavy atom. The van der Waals surface area contributed by atoms with Gasteiger partial charge in [0.1, 0.15) is 24.8 Å². The first-order valence-electron chi connectivity index (χ1n) is 14.9. The molecule has 0 heterocycles. The van der Waals surface area contributed by atoms with Gasteiger partial charge < -0.3 is 33.9 Å². The van der Waals surface area contributed by atoms with Crippen molar-refractivity contribution in [2.24, 2.45) is 10.2 Å². The highest BCUT2D eigenvalue weighted by molar-refractivity contribution is 5.88. The van der Waals surface area contributed by atoms with Gasteiger partial charge >= 0.3 is 6.09 Å². The summed E-state index contributed by atoms with van der Waals surface area (Å²) in [5, 5.41) is 25.1. The zero-order chi connectivity index (χ0) is 34.3. The highest BCUT2D eigenvalue weighted by Gasteiger charge is 2.14. The van der Waals surface area contributed by atoms with E-state index in [1.54, 1.807) is 39.5 Å². The van der Waals surface area contributed by atoms with Gasteiger partial charge in [0.2, 0.25) is 0 Å². The van der Waals surface area contributed by atoms with Crippen molar-refractivity contribution >= 4 is 40.2 Å². The third kappa shape index (κ3) is 9.88. The number of rotatable bonds is 17. The molecule has 14 heteroatoms. The molecule has 0 bridgehead atoms. The van der Waals surface area contributed by atoms with Gasteiger partial charge in [-0.25, -0.2) is 4.79 Å². The zero-order valence-corrected chi connectivity index (χ0v) is 27.2. The van der Waals surface area contributed by atoms with E-state index in [0.717, 1.165) is 22.5 Å². The molecule has 0 aliphatic rings. The molecule has 0 atom stereocenters. The van der Waals surface area contributed by atoms with E-state index in [4.69, 9.17) is 23.7 Å². The normalized spacial score (nSPS) is 10.8. The lowest BCUT2D eigenvalue weighted by atomic mass is 10.0. The summed E-state index contributed by atoms with van der Waals surface area (Å²) < 4.78 is 26.9. The summed E-state index contributed by atoms with van der Waals surface area (Å²) in [6.07, 6.45) is -0.620. The molecule has 0 unspecified atom stereocenters. The number of hydrogen-bond acceptors (Lipinski definition) is 12. The summed E-state index contributed by atoms with van der Waals surface area (Å²) in [5.41, 5.74) is 5.01. The van der Waals surface area contributed by atoms with Crippen molar-refractivity contribution in [1.29, 1.82) is 0 Å². The number of hydrogen-bond donors (Lipinski definition) is 2. The van der Waals surface area contributed by atoms with Crippen LogP contribution in [0.1, 0.15) is 0 Å². The van der Waals surface area contributed by atoms with Gasteiger partial charge in [-0.15, -0.1) is 0 Å². The van der Waals surface area contributed by atoms with Crippen molar-refractivity contribution in [3.8, 4) is 22.6 Å². The van der Waals surface area contributed by atoms with Crippen LogP contribution in [0, 0.1) is 10.1 Å². The van der Waals surface area contributed by atoms with E-state index in [-0.39, 0.29) is 12.3 Å². The molecule has 0 radical (unpaired) electrons. The number of carbonyl (C=O) groups excluding carboxylic acids is 1. The molecule has 4 aromatic carbocycles. The number of nitro groups is 1. The summed E-state index contributed by atoms with van der Waals surface area (Å²) in [7, 11) is 6.36. The molecule has 0 aliphatic heterocycles. The number of anilines is 3. The third-order valence-electron chi connectivity index (χ3n) is 7.10. The summed E-state index contributed by atoms with van der Waals surface area (Å²) in [5.74, 6) is 1.13. The van der Waals surface area contributed by atoms with E-state index < -0.39 is 11.0 Å². The lowest BCUT2D eigenvalue weighted by molar-refractivity contribution is -0.384. The molecule has 0 spiro atoms. The van der Waals surface area contributed by atoms with Crippen LogP contribution in [0.4, 0.5) is 38.9 Å². The lowest BCUT2D eigenvalue weighted by Gasteiger charge is -2.24. The van der Waals surface area contributed by atoms with Gasteiger partial charge in [0.15, 0.2) is 0 Å². The van der Waals surface area contributed by atoms with Gasteiger partial charge in [0.25, 0.3) is 5.69 Å². The lowest BCUT2D eigenvalue weighted by Crippen LogP contribution is -2.32. The molecule has 4 rings (SSSR count). The number of nitrogens with zero attached hydrogens (tertiary/aromatic N) is 4. The Labute approximate surface area is 278 Å². The number of amides is 1. The second-order valence-corrected chi connectivity index (χ2v) is 10.2. The van der Waals surface area contributed by atoms with Crippen LogP contribution in [0.3, 0.4) is 0 Å². The Morgan fingerprint density at radius 3 is 1.88 bits per heavy atom. The van der Waals surface area contributed by atoms with E-state index in [1.807, 2.05) is 47.4 Å². The minimum Gasteiger partial charge on any atom is -0.495 e. The van der Waals surface area contributed by atoms with Gasteiger partial charge in [-0.3, -0.25) is 15.4 Å². The Balaban J connectivity index is 1.34. The van der Waals surface area contributed by atoms with Crippen LogP contribution in [0.5, 0.6) is 11.5 Å². The maximum absolute atomic E-state index is 12.7. The standard InChI is InChI=1S/C34H38N6O8/c1-44-19-17-39(28-11-7-26(8-12-28)37-38-27-9-13-29(14-10-27)40(42)43)18-20-48-34(41)36-31-16-6-25(22-33(31)47-4)24-5-15-30(35-23-45-2)32(21-24)46-3/h5-16,21-22,35H,17-20,23H2,1-4H3,(H,36,41). The fourth-order valence-corrected chi connectivity index (χ4v) is 4.59. The van der Waals surface area contributed by atoms with Crippen molar-refractivity contribution in [1.82, 2.24) is 0 Å². The van der Waals surface area contributed by atoms with Crippen LogP contribution in [0.2, 0.25) is 0 Å². The summed E-state index contributed by atoms with van der Waals surface area (Å²) in [4.78, 5) is 25.1. The van der Waals surface area contributed by atoms with Crippen LogP contribution in [-0.2, 0) is 14.2 Å². The Bertz CT molecular complexity index is 1680. The molecular weight excluding hydrogens is 620 g/mol. The van der Waals surface area contributed by atoms with Gasteiger partial charge in [0, 0.05) is 38.6 Å². The zero-order valence-electron chi connectivity index (χ0n) is 27.2. The number of azo groups is 1. The summed E-state index contributed by atoms with van der Waals surface area (Å²) in [6, 6.07) is 24.4. The molecule has 0 saturated carbocycles. The number of ether oxygens (including phenoxy) is 5. The van der Waals surface area contributed by atoms with E-state index in [9.17, 15) is 14.9 Å². The number of benzene rings is 4. The molecule has 14 nitrogen and oxygen atoms in total. The van der Waals surface area contributed by atoms with Crippen LogP contribution >= 0.6 is 0 Å². The fourth-order valence-electron chi connectivity index (χ4n) is 4.59. The van der Waals surface area contributed by atoms with Crippen LogP contribution in [-0.4, -0.2) is 72.5 Å². The minimum atomic E-state index is -0.620. The first kappa shape index (κ1) is 35.1. The van der Waals surface area contributed by atoms with E-state index in [0.29, 0.717) is 55.0 Å². The SMILES string of the molecule is COCCN(CCOC(=O)Nc1ccc(-c2ccc(NCOC)c(OC)c2)cc1OC)c1ccc(N=Nc2ccc([N+](=O)[O-])cc2)cc1. The molecule has 0 aliphatic carbocycles. The van der Waals surface area contributed by atoms with Crippen LogP contribution in [0.25, 0.3) is 11.1 Å². The van der Waals surface area contributed by atoms with E-state index in [1.165, 1.54) is 31.4 Å². The summed E-state index contributed by atoms with van der Waals surface area (Å²) in [6.45, 7) is 1.90. The predicted molar refractivity (Wildman–Crippen MR) is 183 cm³/mol. The summed E-state index contributed by atoms with van der Waals surface area (Å²) >= 11 is 0. The molecule has 2 N–H and O–H groups in total. The second kappa shape index (κ2) is 17.8. The van der Waals surface area contributed by atoms with Crippen molar-refractivity contribution in [2.75, 3.05) is 77.0 Å². The maximum Gasteiger partial charge on any atom is 0.411 e. The third-order valence-corrected chi connectivity index (χ3v) is 7.10. The van der Waals surface area contributed by atoms with Gasteiger partial charge in [-0.05, 0) is 71.8 Å². The largest absolute Gasteiger partial charge is 0.495 e. The minimum absolute atomic E-state index is 0.0129. The monoisotopic (exact) mass is 658 g/mol. The molecule has 4 aromatic rings. The average molecular weight is 659 g/mol. The molecule has 0 aromatic heterocycles. The Hall–Kier alpha value is -5.73. The highest BCUT2D eigenvalue weighted by atomic mass is 16.6. The number of nitro benzene ring substituents is 1. The highest BCUT2D eigenvalue weighted by Crippen LogP contribution is 2.35. The van der Waals surface area contributed by atoms with Crippen LogP contribution in [0.15, 0.2) is 95.2 Å². The first-order valence-corrected chi connectivity index (χ1v) is 14.9. The van der Waals surface area contributed by atoms with Crippen molar-refractivity contribution in [2.45, 2.75) is 0 Å². The van der Waals surface area contributed by atoms with E-state index in [2.05, 4.69) is 20.9 Å². The average Bonchev–Trinajstić information content (AvgIpc) is 3.11. The second-order valence-electron chi connectivity index (χ2n) is 10.2. The smallest absolute Gasteiger partial charge is 0.411 e.